The number of anilines is 1. The Balaban J connectivity index is 2.08. The Labute approximate surface area is 144 Å². The Morgan fingerprint density at radius 3 is 2.73 bits per heavy atom. The smallest absolute Gasteiger partial charge is 0.275 e. The van der Waals surface area contributed by atoms with Crippen LogP contribution in [0.25, 0.3) is 0 Å². The third-order valence-corrected chi connectivity index (χ3v) is 3.75. The van der Waals surface area contributed by atoms with E-state index in [1.54, 1.807) is 18.2 Å². The molecule has 116 valence electrons. The van der Waals surface area contributed by atoms with E-state index in [1.165, 1.54) is 12.3 Å². The first-order valence-electron chi connectivity index (χ1n) is 6.17. The van der Waals surface area contributed by atoms with Crippen molar-refractivity contribution in [3.63, 3.8) is 0 Å². The number of nitrogens with one attached hydrogen (secondary N) is 1. The summed E-state index contributed by atoms with van der Waals surface area (Å²) in [5.41, 5.74) is 2.44. The molecule has 2 N–H and O–H groups in total. The van der Waals surface area contributed by atoms with Crippen LogP contribution in [-0.4, -0.2) is 31.3 Å². The van der Waals surface area contributed by atoms with Gasteiger partial charge in [-0.05, 0) is 34.1 Å². The fourth-order valence-electron chi connectivity index (χ4n) is 1.61. The van der Waals surface area contributed by atoms with Crippen LogP contribution in [-0.2, 0) is 0 Å². The SMILES string of the molecule is CN(C)c1ccc(/C=N\NC(=O)c2cc(Br)cc(Br)c2O)o1. The van der Waals surface area contributed by atoms with Gasteiger partial charge in [0.2, 0.25) is 0 Å². The zero-order chi connectivity index (χ0) is 16.3. The van der Waals surface area contributed by atoms with Gasteiger partial charge in [0.25, 0.3) is 5.91 Å². The molecule has 0 fully saturated rings. The summed E-state index contributed by atoms with van der Waals surface area (Å²) in [5.74, 6) is 0.504. The Kier molecular flexibility index (Phi) is 5.25. The van der Waals surface area contributed by atoms with Gasteiger partial charge in [-0.15, -0.1) is 0 Å². The number of amides is 1. The first-order chi connectivity index (χ1) is 10.4. The summed E-state index contributed by atoms with van der Waals surface area (Å²) in [5, 5.41) is 13.7. The van der Waals surface area contributed by atoms with Crippen LogP contribution in [0.15, 0.2) is 42.7 Å². The molecule has 2 aromatic rings. The predicted octanol–water partition coefficient (Wildman–Crippen LogP) is 3.34. The average molecular weight is 431 g/mol. The molecule has 0 atom stereocenters. The maximum atomic E-state index is 12.0. The molecule has 0 saturated carbocycles. The molecule has 0 spiro atoms. The number of phenols is 1. The lowest BCUT2D eigenvalue weighted by molar-refractivity contribution is 0.0952. The quantitative estimate of drug-likeness (QED) is 0.576. The number of hydrazone groups is 1. The van der Waals surface area contributed by atoms with Crippen molar-refractivity contribution in [2.45, 2.75) is 0 Å². The molecule has 1 aromatic heterocycles. The average Bonchev–Trinajstić information content (AvgIpc) is 2.91. The zero-order valence-electron chi connectivity index (χ0n) is 11.8. The molecule has 1 aromatic carbocycles. The minimum absolute atomic E-state index is 0.104. The van der Waals surface area contributed by atoms with Gasteiger partial charge in [0, 0.05) is 24.6 Å². The number of carbonyl (C=O) groups is 1. The van der Waals surface area contributed by atoms with E-state index < -0.39 is 5.91 Å². The number of carbonyl (C=O) groups excluding carboxylic acids is 1. The van der Waals surface area contributed by atoms with Gasteiger partial charge in [-0.25, -0.2) is 5.43 Å². The van der Waals surface area contributed by atoms with E-state index in [-0.39, 0.29) is 11.3 Å². The molecule has 0 unspecified atom stereocenters. The summed E-state index contributed by atoms with van der Waals surface area (Å²) in [6.07, 6.45) is 1.38. The highest BCUT2D eigenvalue weighted by Gasteiger charge is 2.14. The molecule has 0 aliphatic heterocycles. The molecule has 1 amide bonds. The van der Waals surface area contributed by atoms with Crippen LogP contribution >= 0.6 is 31.9 Å². The standard InChI is InChI=1S/C14H13Br2N3O3/c1-19(2)12-4-3-9(22-12)7-17-18-14(21)10-5-8(15)6-11(16)13(10)20/h3-7,20H,1-2H3,(H,18,21)/b17-7-. The monoisotopic (exact) mass is 429 g/mol. The van der Waals surface area contributed by atoms with Crippen molar-refractivity contribution >= 4 is 49.9 Å². The lowest BCUT2D eigenvalue weighted by atomic mass is 10.2. The van der Waals surface area contributed by atoms with Crippen LogP contribution in [0.2, 0.25) is 0 Å². The molecule has 0 bridgehead atoms. The normalized spacial score (nSPS) is 10.9. The van der Waals surface area contributed by atoms with Crippen LogP contribution in [0.5, 0.6) is 5.75 Å². The van der Waals surface area contributed by atoms with E-state index in [0.29, 0.717) is 20.6 Å². The molecule has 1 heterocycles. The predicted molar refractivity (Wildman–Crippen MR) is 91.6 cm³/mol. The molecule has 8 heteroatoms. The van der Waals surface area contributed by atoms with E-state index in [0.717, 1.165) is 0 Å². The summed E-state index contributed by atoms with van der Waals surface area (Å²) >= 11 is 6.43. The van der Waals surface area contributed by atoms with Gasteiger partial charge in [0.15, 0.2) is 5.88 Å². The van der Waals surface area contributed by atoms with Crippen LogP contribution in [0.1, 0.15) is 16.1 Å². The largest absolute Gasteiger partial charge is 0.506 e. The molecular weight excluding hydrogens is 418 g/mol. The number of rotatable bonds is 4. The lowest BCUT2D eigenvalue weighted by Gasteiger charge is -2.06. The second-order valence-corrected chi connectivity index (χ2v) is 6.32. The minimum atomic E-state index is -0.532. The summed E-state index contributed by atoms with van der Waals surface area (Å²) in [4.78, 5) is 13.8. The Morgan fingerprint density at radius 2 is 2.09 bits per heavy atom. The third-order valence-electron chi connectivity index (χ3n) is 2.68. The summed E-state index contributed by atoms with van der Waals surface area (Å²) < 4.78 is 6.53. The zero-order valence-corrected chi connectivity index (χ0v) is 15.0. The highest BCUT2D eigenvalue weighted by molar-refractivity contribution is 9.11. The maximum absolute atomic E-state index is 12.0. The summed E-state index contributed by atoms with van der Waals surface area (Å²) in [7, 11) is 3.71. The van der Waals surface area contributed by atoms with Gasteiger partial charge >= 0.3 is 0 Å². The van der Waals surface area contributed by atoms with Gasteiger partial charge < -0.3 is 14.4 Å². The minimum Gasteiger partial charge on any atom is -0.506 e. The van der Waals surface area contributed by atoms with Gasteiger partial charge in [-0.1, -0.05) is 15.9 Å². The fourth-order valence-corrected chi connectivity index (χ4v) is 2.83. The highest BCUT2D eigenvalue weighted by Crippen LogP contribution is 2.31. The molecule has 0 saturated heterocycles. The molecule has 6 nitrogen and oxygen atoms in total. The highest BCUT2D eigenvalue weighted by atomic mass is 79.9. The van der Waals surface area contributed by atoms with E-state index in [2.05, 4.69) is 42.4 Å². The van der Waals surface area contributed by atoms with Gasteiger partial charge in [-0.2, -0.15) is 5.10 Å². The van der Waals surface area contributed by atoms with Crippen LogP contribution in [0, 0.1) is 0 Å². The fraction of sp³-hybridized carbons (Fsp3) is 0.143. The third kappa shape index (κ3) is 3.89. The van der Waals surface area contributed by atoms with Gasteiger partial charge in [-0.3, -0.25) is 4.79 Å². The van der Waals surface area contributed by atoms with Crippen LogP contribution in [0.4, 0.5) is 5.88 Å². The van der Waals surface area contributed by atoms with Crippen molar-refractivity contribution < 1.29 is 14.3 Å². The topological polar surface area (TPSA) is 78.1 Å². The Bertz CT molecular complexity index is 726. The number of halogens is 2. The molecular formula is C14H13Br2N3O3. The first kappa shape index (κ1) is 16.6. The number of aromatic hydroxyl groups is 1. The van der Waals surface area contributed by atoms with Crippen molar-refractivity contribution in [1.82, 2.24) is 5.43 Å². The summed E-state index contributed by atoms with van der Waals surface area (Å²) in [6, 6.07) is 6.67. The van der Waals surface area contributed by atoms with Crippen molar-refractivity contribution in [1.29, 1.82) is 0 Å². The first-order valence-corrected chi connectivity index (χ1v) is 7.75. The van der Waals surface area contributed by atoms with Crippen molar-refractivity contribution in [3.05, 3.63) is 44.5 Å². The molecule has 2 rings (SSSR count). The summed E-state index contributed by atoms with van der Waals surface area (Å²) in [6.45, 7) is 0. The Hall–Kier alpha value is -1.80. The van der Waals surface area contributed by atoms with Crippen LogP contribution < -0.4 is 10.3 Å². The van der Waals surface area contributed by atoms with Crippen LogP contribution in [0.3, 0.4) is 0 Å². The second kappa shape index (κ2) is 6.97. The molecule has 0 aliphatic rings. The number of phenolic OH excluding ortho intramolecular Hbond substituents is 1. The van der Waals surface area contributed by atoms with Gasteiger partial charge in [0.1, 0.15) is 11.5 Å². The van der Waals surface area contributed by atoms with Crippen molar-refractivity contribution in [3.8, 4) is 5.75 Å². The second-order valence-electron chi connectivity index (χ2n) is 4.55. The Morgan fingerprint density at radius 1 is 1.36 bits per heavy atom. The molecule has 22 heavy (non-hydrogen) atoms. The van der Waals surface area contributed by atoms with E-state index in [1.807, 2.05) is 19.0 Å². The van der Waals surface area contributed by atoms with E-state index in [9.17, 15) is 9.90 Å². The van der Waals surface area contributed by atoms with Crippen molar-refractivity contribution in [2.75, 3.05) is 19.0 Å². The van der Waals surface area contributed by atoms with Crippen molar-refractivity contribution in [2.24, 2.45) is 5.10 Å². The number of hydrogen-bond donors (Lipinski definition) is 2. The molecule has 0 aliphatic carbocycles. The van der Waals surface area contributed by atoms with E-state index >= 15 is 0 Å². The number of furan rings is 1. The number of benzene rings is 1. The molecule has 0 radical (unpaired) electrons. The maximum Gasteiger partial charge on any atom is 0.275 e. The number of nitrogens with zero attached hydrogens (tertiary/aromatic N) is 2. The van der Waals surface area contributed by atoms with E-state index in [4.69, 9.17) is 4.42 Å². The lowest BCUT2D eigenvalue weighted by Crippen LogP contribution is -2.17. The van der Waals surface area contributed by atoms with Gasteiger partial charge in [0.05, 0.1) is 16.3 Å². The number of hydrogen-bond acceptors (Lipinski definition) is 5.